The molecule has 5 aromatic carbocycles. The lowest BCUT2D eigenvalue weighted by molar-refractivity contribution is -0.391. The Balaban J connectivity index is 1.39. The molecule has 7 heteroatoms. The summed E-state index contributed by atoms with van der Waals surface area (Å²) in [7, 11) is 0. The Morgan fingerprint density at radius 1 is 0.630 bits per heavy atom. The van der Waals surface area contributed by atoms with Gasteiger partial charge in [0.1, 0.15) is 24.4 Å². The van der Waals surface area contributed by atoms with Crippen LogP contribution < -0.4 is 0 Å². The lowest BCUT2D eigenvalue weighted by atomic mass is 9.81. The van der Waals surface area contributed by atoms with Crippen molar-refractivity contribution in [2.45, 2.75) is 102 Å². The maximum atomic E-state index is 13.1. The number of aryl methyl sites for hydroxylation is 2. The van der Waals surface area contributed by atoms with Crippen molar-refractivity contribution < 1.29 is 34.3 Å². The van der Waals surface area contributed by atoms with Gasteiger partial charge >= 0.3 is 0 Å². The number of hydrogen-bond acceptors (Lipinski definition) is 7. The molecule has 284 valence electrons. The molecule has 0 saturated carbocycles. The molecule has 1 fully saturated rings. The molecule has 0 unspecified atom stereocenters. The van der Waals surface area contributed by atoms with E-state index in [9.17, 15) is 15.3 Å². The fraction of sp³-hybridized carbons (Fsp3) is 0.362. The van der Waals surface area contributed by atoms with Gasteiger partial charge in [0.15, 0.2) is 0 Å². The second-order valence-corrected chi connectivity index (χ2v) is 14.9. The van der Waals surface area contributed by atoms with E-state index in [0.717, 1.165) is 52.6 Å². The first-order chi connectivity index (χ1) is 26.1. The smallest absolute Gasteiger partial charge is 0.222 e. The molecule has 6 rings (SSSR count). The second kappa shape index (κ2) is 18.4. The second-order valence-electron chi connectivity index (χ2n) is 14.9. The zero-order chi connectivity index (χ0) is 38.0. The molecule has 5 aromatic rings. The molecular formula is C47H54O7. The van der Waals surface area contributed by atoms with Crippen LogP contribution in [-0.2, 0) is 57.4 Å². The third kappa shape index (κ3) is 10.1. The monoisotopic (exact) mass is 730 g/mol. The number of hydrogen-bond donors (Lipinski definition) is 3. The van der Waals surface area contributed by atoms with Gasteiger partial charge in [0.2, 0.25) is 5.79 Å². The lowest BCUT2D eigenvalue weighted by Crippen LogP contribution is -2.68. The molecular weight excluding hydrogens is 677 g/mol. The van der Waals surface area contributed by atoms with Crippen LogP contribution in [-0.4, -0.2) is 51.9 Å². The number of benzene rings is 5. The quantitative estimate of drug-likeness (QED) is 0.0836. The Morgan fingerprint density at radius 3 is 1.69 bits per heavy atom. The molecule has 1 saturated heterocycles. The van der Waals surface area contributed by atoms with Crippen LogP contribution in [0.15, 0.2) is 133 Å². The Labute approximate surface area is 320 Å². The summed E-state index contributed by atoms with van der Waals surface area (Å²) in [5, 5.41) is 34.0. The van der Waals surface area contributed by atoms with Crippen molar-refractivity contribution in [3.63, 3.8) is 0 Å². The Bertz CT molecular complexity index is 1860. The molecule has 5 atom stereocenters. The predicted molar refractivity (Wildman–Crippen MR) is 211 cm³/mol. The number of ether oxygens (including phenoxy) is 4. The van der Waals surface area contributed by atoms with Crippen LogP contribution in [0.4, 0.5) is 0 Å². The Morgan fingerprint density at radius 2 is 1.15 bits per heavy atom. The Hall–Kier alpha value is -4.18. The van der Waals surface area contributed by atoms with Crippen LogP contribution in [0.1, 0.15) is 71.2 Å². The third-order valence-electron chi connectivity index (χ3n) is 10.2. The molecule has 0 spiro atoms. The van der Waals surface area contributed by atoms with E-state index in [4.69, 9.17) is 18.9 Å². The first-order valence-corrected chi connectivity index (χ1v) is 19.0. The molecule has 1 aliphatic heterocycles. The summed E-state index contributed by atoms with van der Waals surface area (Å²) in [6.45, 7) is 6.27. The van der Waals surface area contributed by atoms with Gasteiger partial charge in [-0.05, 0) is 91.5 Å². The van der Waals surface area contributed by atoms with Crippen LogP contribution in [0, 0.1) is 6.92 Å². The zero-order valence-corrected chi connectivity index (χ0v) is 31.6. The van der Waals surface area contributed by atoms with Crippen LogP contribution in [0.5, 0.6) is 0 Å². The Kier molecular flexibility index (Phi) is 13.5. The normalized spacial score (nSPS) is 21.6. The number of aliphatic hydroxyl groups is 3. The van der Waals surface area contributed by atoms with E-state index in [2.05, 4.69) is 31.2 Å². The molecule has 0 aromatic heterocycles. The van der Waals surface area contributed by atoms with Gasteiger partial charge in [-0.1, -0.05) is 127 Å². The third-order valence-corrected chi connectivity index (χ3v) is 10.2. The van der Waals surface area contributed by atoms with Gasteiger partial charge in [0, 0.05) is 12.2 Å². The first-order valence-electron chi connectivity index (χ1n) is 19.0. The van der Waals surface area contributed by atoms with Gasteiger partial charge in [-0.3, -0.25) is 0 Å². The van der Waals surface area contributed by atoms with Crippen LogP contribution in [0.2, 0.25) is 0 Å². The van der Waals surface area contributed by atoms with Crippen LogP contribution in [0.3, 0.4) is 0 Å². The van der Waals surface area contributed by atoms with Crippen LogP contribution >= 0.6 is 0 Å². The highest BCUT2D eigenvalue weighted by Crippen LogP contribution is 2.44. The summed E-state index contributed by atoms with van der Waals surface area (Å²) in [5.41, 5.74) is 6.39. The summed E-state index contributed by atoms with van der Waals surface area (Å²) >= 11 is 0. The maximum absolute atomic E-state index is 13.1. The van der Waals surface area contributed by atoms with Gasteiger partial charge in [-0.2, -0.15) is 0 Å². The van der Waals surface area contributed by atoms with Crippen molar-refractivity contribution in [3.05, 3.63) is 178 Å². The van der Waals surface area contributed by atoms with Gasteiger partial charge in [0.05, 0.1) is 25.4 Å². The number of rotatable bonds is 17. The van der Waals surface area contributed by atoms with E-state index in [1.807, 2.05) is 109 Å². The van der Waals surface area contributed by atoms with Gasteiger partial charge in [-0.25, -0.2) is 0 Å². The van der Waals surface area contributed by atoms with Crippen molar-refractivity contribution in [3.8, 4) is 0 Å². The summed E-state index contributed by atoms with van der Waals surface area (Å²) in [4.78, 5) is 0. The summed E-state index contributed by atoms with van der Waals surface area (Å²) in [6, 6.07) is 44.0. The summed E-state index contributed by atoms with van der Waals surface area (Å²) in [5.74, 6) is -2.04. The first kappa shape index (κ1) is 39.5. The predicted octanol–water partition coefficient (Wildman–Crippen LogP) is 7.97. The average Bonchev–Trinajstić information content (AvgIpc) is 3.18. The topological polar surface area (TPSA) is 97.6 Å². The molecule has 0 amide bonds. The number of aliphatic hydroxyl groups excluding tert-OH is 1. The molecule has 7 nitrogen and oxygen atoms in total. The minimum atomic E-state index is -2.04. The molecule has 0 radical (unpaired) electrons. The van der Waals surface area contributed by atoms with Gasteiger partial charge < -0.3 is 34.3 Å². The van der Waals surface area contributed by atoms with E-state index in [0.29, 0.717) is 12.0 Å². The van der Waals surface area contributed by atoms with Gasteiger partial charge in [0.25, 0.3) is 0 Å². The van der Waals surface area contributed by atoms with E-state index >= 15 is 0 Å². The highest BCUT2D eigenvalue weighted by molar-refractivity contribution is 5.39. The highest BCUT2D eigenvalue weighted by Gasteiger charge is 2.60. The number of unbranched alkanes of at least 4 members (excludes halogenated alkanes) is 1. The van der Waals surface area contributed by atoms with E-state index in [1.165, 1.54) is 5.56 Å². The fourth-order valence-corrected chi connectivity index (χ4v) is 7.11. The minimum absolute atomic E-state index is 0.185. The van der Waals surface area contributed by atoms with E-state index in [-0.39, 0.29) is 26.4 Å². The molecule has 0 aliphatic carbocycles. The lowest BCUT2D eigenvalue weighted by Gasteiger charge is -2.53. The average molecular weight is 731 g/mol. The maximum Gasteiger partial charge on any atom is 0.222 e. The zero-order valence-electron chi connectivity index (χ0n) is 31.6. The van der Waals surface area contributed by atoms with Crippen molar-refractivity contribution >= 4 is 0 Å². The molecule has 54 heavy (non-hydrogen) atoms. The largest absolute Gasteiger partial charge is 0.396 e. The van der Waals surface area contributed by atoms with Crippen molar-refractivity contribution in [1.29, 1.82) is 0 Å². The van der Waals surface area contributed by atoms with Crippen molar-refractivity contribution in [1.82, 2.24) is 0 Å². The molecule has 0 bridgehead atoms. The molecule has 1 aliphatic rings. The van der Waals surface area contributed by atoms with Gasteiger partial charge in [-0.15, -0.1) is 0 Å². The summed E-state index contributed by atoms with van der Waals surface area (Å²) in [6.07, 6.45) is -0.443. The SMILES string of the molecule is Cc1ccc([C@]2(O)O[C@H](C(C)(C)O)[C@@H](OCc3ccccc3)[C@H](OCc3ccccc3)[C@H]2OCc2ccccc2)cc1Cc1ccc(CCCCO)cc1. The highest BCUT2D eigenvalue weighted by atomic mass is 16.7. The van der Waals surface area contributed by atoms with Crippen molar-refractivity contribution in [2.75, 3.05) is 6.61 Å². The minimum Gasteiger partial charge on any atom is -0.396 e. The summed E-state index contributed by atoms with van der Waals surface area (Å²) < 4.78 is 27.0. The van der Waals surface area contributed by atoms with Crippen LogP contribution in [0.25, 0.3) is 0 Å². The van der Waals surface area contributed by atoms with E-state index < -0.39 is 35.8 Å². The molecule has 1 heterocycles. The van der Waals surface area contributed by atoms with Crippen molar-refractivity contribution in [2.24, 2.45) is 0 Å². The van der Waals surface area contributed by atoms with E-state index in [1.54, 1.807) is 13.8 Å². The molecule has 3 N–H and O–H groups in total. The fourth-order valence-electron chi connectivity index (χ4n) is 7.11. The standard InChI is InChI=1S/C47H54O7/c1-34-22-27-41(30-40(34)29-36-25-23-35(24-26-36)15-13-14-28-48)47(50)45(53-33-39-20-11-6-12-21-39)43(52-32-38-18-9-5-10-19-38)42(44(54-47)46(2,3)49)51-31-37-16-7-4-8-17-37/h4-12,16-27,30,42-45,48-50H,13-15,28-29,31-33H2,1-3H3/t42-,43-,44-,45+,47-/m0/s1.